The fourth-order valence-electron chi connectivity index (χ4n) is 2.76. The highest BCUT2D eigenvalue weighted by Gasteiger charge is 2.49. The summed E-state index contributed by atoms with van der Waals surface area (Å²) in [6, 6.07) is 7.62. The van der Waals surface area contributed by atoms with Crippen molar-refractivity contribution in [3.8, 4) is 0 Å². The fourth-order valence-corrected chi connectivity index (χ4v) is 2.89. The van der Waals surface area contributed by atoms with E-state index in [0.29, 0.717) is 18.1 Å². The Labute approximate surface area is 105 Å². The first kappa shape index (κ1) is 11.1. The Morgan fingerprint density at radius 2 is 2.06 bits per heavy atom. The van der Waals surface area contributed by atoms with Crippen LogP contribution >= 0.6 is 11.6 Å². The van der Waals surface area contributed by atoms with E-state index >= 15 is 0 Å². The van der Waals surface area contributed by atoms with Gasteiger partial charge in [0.05, 0.1) is 6.61 Å². The zero-order valence-corrected chi connectivity index (χ0v) is 10.2. The Morgan fingerprint density at radius 3 is 2.82 bits per heavy atom. The van der Waals surface area contributed by atoms with Gasteiger partial charge in [-0.2, -0.15) is 0 Å². The summed E-state index contributed by atoms with van der Waals surface area (Å²) in [4.78, 5) is 13.7. The second kappa shape index (κ2) is 4.00. The number of hydrogen-bond donors (Lipinski definition) is 0. The van der Waals surface area contributed by atoms with Gasteiger partial charge in [0, 0.05) is 30.0 Å². The van der Waals surface area contributed by atoms with Gasteiger partial charge >= 0.3 is 0 Å². The van der Waals surface area contributed by atoms with Gasteiger partial charge in [0.15, 0.2) is 5.72 Å². The average molecular weight is 252 g/mol. The first-order chi connectivity index (χ1) is 8.22. The van der Waals surface area contributed by atoms with Crippen molar-refractivity contribution in [2.45, 2.75) is 25.0 Å². The number of halogens is 1. The number of ether oxygens (including phenoxy) is 1. The second-order valence-electron chi connectivity index (χ2n) is 4.54. The van der Waals surface area contributed by atoms with Crippen LogP contribution in [-0.2, 0) is 15.3 Å². The van der Waals surface area contributed by atoms with Crippen LogP contribution in [0.2, 0.25) is 5.02 Å². The van der Waals surface area contributed by atoms with Crippen molar-refractivity contribution in [3.05, 3.63) is 34.9 Å². The van der Waals surface area contributed by atoms with Crippen LogP contribution < -0.4 is 0 Å². The lowest BCUT2D eigenvalue weighted by Crippen LogP contribution is -2.49. The lowest BCUT2D eigenvalue weighted by molar-refractivity contribution is -0.183. The Hall–Kier alpha value is -1.06. The van der Waals surface area contributed by atoms with E-state index < -0.39 is 5.72 Å². The molecule has 0 unspecified atom stereocenters. The zero-order chi connectivity index (χ0) is 11.9. The van der Waals surface area contributed by atoms with E-state index in [0.717, 1.165) is 24.9 Å². The normalized spacial score (nSPS) is 28.3. The SMILES string of the molecule is O=C1CC[C@@]2(c3ccc(Cl)cc3)OCCCN12. The lowest BCUT2D eigenvalue weighted by atomic mass is 9.98. The molecule has 0 saturated carbocycles. The van der Waals surface area contributed by atoms with Crippen molar-refractivity contribution < 1.29 is 9.53 Å². The number of benzene rings is 1. The molecule has 2 saturated heterocycles. The van der Waals surface area contributed by atoms with Crippen molar-refractivity contribution >= 4 is 17.5 Å². The quantitative estimate of drug-likeness (QED) is 0.768. The topological polar surface area (TPSA) is 29.5 Å². The third-order valence-electron chi connectivity index (χ3n) is 3.58. The molecule has 2 heterocycles. The fraction of sp³-hybridized carbons (Fsp3) is 0.462. The molecule has 3 nitrogen and oxygen atoms in total. The minimum Gasteiger partial charge on any atom is -0.351 e. The summed E-state index contributed by atoms with van der Waals surface area (Å²) in [6.45, 7) is 1.51. The van der Waals surface area contributed by atoms with Crippen LogP contribution in [0.5, 0.6) is 0 Å². The van der Waals surface area contributed by atoms with Gasteiger partial charge < -0.3 is 9.64 Å². The van der Waals surface area contributed by atoms with E-state index in [1.165, 1.54) is 0 Å². The largest absolute Gasteiger partial charge is 0.351 e. The van der Waals surface area contributed by atoms with Crippen molar-refractivity contribution in [2.75, 3.05) is 13.2 Å². The van der Waals surface area contributed by atoms with E-state index in [9.17, 15) is 4.79 Å². The summed E-state index contributed by atoms with van der Waals surface area (Å²) in [5.74, 6) is 0.194. The molecule has 17 heavy (non-hydrogen) atoms. The average Bonchev–Trinajstić information content (AvgIpc) is 2.70. The zero-order valence-electron chi connectivity index (χ0n) is 9.49. The van der Waals surface area contributed by atoms with Gasteiger partial charge in [0.1, 0.15) is 0 Å². The van der Waals surface area contributed by atoms with Crippen molar-refractivity contribution in [3.63, 3.8) is 0 Å². The van der Waals surface area contributed by atoms with Gasteiger partial charge in [-0.15, -0.1) is 0 Å². The van der Waals surface area contributed by atoms with Gasteiger partial charge in [-0.05, 0) is 18.6 Å². The lowest BCUT2D eigenvalue weighted by Gasteiger charge is -2.42. The molecule has 0 aromatic heterocycles. The highest BCUT2D eigenvalue weighted by molar-refractivity contribution is 6.30. The number of rotatable bonds is 1. The van der Waals surface area contributed by atoms with E-state index in [4.69, 9.17) is 16.3 Å². The van der Waals surface area contributed by atoms with Crippen LogP contribution in [0.25, 0.3) is 0 Å². The van der Waals surface area contributed by atoms with Gasteiger partial charge in [0.25, 0.3) is 0 Å². The molecule has 0 spiro atoms. The second-order valence-corrected chi connectivity index (χ2v) is 4.98. The maximum atomic E-state index is 11.9. The number of nitrogens with zero attached hydrogens (tertiary/aromatic N) is 1. The Kier molecular flexibility index (Phi) is 2.60. The van der Waals surface area contributed by atoms with Crippen LogP contribution in [0.3, 0.4) is 0 Å². The summed E-state index contributed by atoms with van der Waals surface area (Å²) >= 11 is 5.90. The molecule has 2 fully saturated rings. The molecule has 0 bridgehead atoms. The molecule has 1 amide bonds. The maximum Gasteiger partial charge on any atom is 0.225 e. The molecule has 1 aromatic carbocycles. The molecule has 0 N–H and O–H groups in total. The summed E-state index contributed by atoms with van der Waals surface area (Å²) in [6.07, 6.45) is 2.23. The first-order valence-corrected chi connectivity index (χ1v) is 6.31. The van der Waals surface area contributed by atoms with Crippen LogP contribution in [0, 0.1) is 0 Å². The number of carbonyl (C=O) groups excluding carboxylic acids is 1. The molecular formula is C13H14ClNO2. The van der Waals surface area contributed by atoms with E-state index in [2.05, 4.69) is 0 Å². The summed E-state index contributed by atoms with van der Waals surface area (Å²) in [7, 11) is 0. The third kappa shape index (κ3) is 1.65. The predicted molar refractivity (Wildman–Crippen MR) is 64.6 cm³/mol. The van der Waals surface area contributed by atoms with Crippen LogP contribution in [0.15, 0.2) is 24.3 Å². The predicted octanol–water partition coefficient (Wildman–Crippen LogP) is 2.54. The number of amides is 1. The molecule has 0 aliphatic carbocycles. The van der Waals surface area contributed by atoms with Crippen LogP contribution in [0.1, 0.15) is 24.8 Å². The highest BCUT2D eigenvalue weighted by atomic mass is 35.5. The van der Waals surface area contributed by atoms with E-state index in [-0.39, 0.29) is 5.91 Å². The van der Waals surface area contributed by atoms with Crippen LogP contribution in [0.4, 0.5) is 0 Å². The maximum absolute atomic E-state index is 11.9. The van der Waals surface area contributed by atoms with Gasteiger partial charge in [-0.3, -0.25) is 4.79 Å². The molecule has 1 aromatic rings. The van der Waals surface area contributed by atoms with Gasteiger partial charge in [-0.25, -0.2) is 0 Å². The minimum atomic E-state index is -0.528. The number of carbonyl (C=O) groups is 1. The molecule has 4 heteroatoms. The Balaban J connectivity index is 2.03. The van der Waals surface area contributed by atoms with Crippen molar-refractivity contribution in [1.29, 1.82) is 0 Å². The van der Waals surface area contributed by atoms with Crippen LogP contribution in [-0.4, -0.2) is 24.0 Å². The monoisotopic (exact) mass is 251 g/mol. The molecule has 1 atom stereocenters. The Bertz CT molecular complexity index is 445. The van der Waals surface area contributed by atoms with Crippen molar-refractivity contribution in [1.82, 2.24) is 4.90 Å². The van der Waals surface area contributed by atoms with Gasteiger partial charge in [0.2, 0.25) is 5.91 Å². The minimum absolute atomic E-state index is 0.194. The molecule has 2 aliphatic heterocycles. The van der Waals surface area contributed by atoms with Gasteiger partial charge in [-0.1, -0.05) is 23.7 Å². The summed E-state index contributed by atoms with van der Waals surface area (Å²) in [5.41, 5.74) is 0.507. The smallest absolute Gasteiger partial charge is 0.225 e. The first-order valence-electron chi connectivity index (χ1n) is 5.93. The molecule has 3 rings (SSSR count). The molecular weight excluding hydrogens is 238 g/mol. The third-order valence-corrected chi connectivity index (χ3v) is 3.83. The number of hydrogen-bond acceptors (Lipinski definition) is 2. The Morgan fingerprint density at radius 1 is 1.29 bits per heavy atom. The molecule has 2 aliphatic rings. The highest BCUT2D eigenvalue weighted by Crippen LogP contribution is 2.43. The van der Waals surface area contributed by atoms with Crippen molar-refractivity contribution in [2.24, 2.45) is 0 Å². The standard InChI is InChI=1S/C13H14ClNO2/c14-11-4-2-10(3-5-11)13-7-6-12(16)15(13)8-1-9-17-13/h2-5H,1,6-9H2/t13-/m0/s1. The molecule has 90 valence electrons. The summed E-state index contributed by atoms with van der Waals surface area (Å²) < 4.78 is 5.95. The molecule has 0 radical (unpaired) electrons. The number of fused-ring (bicyclic) bond motifs is 1. The van der Waals surface area contributed by atoms with E-state index in [1.54, 1.807) is 0 Å². The summed E-state index contributed by atoms with van der Waals surface area (Å²) in [5, 5.41) is 0.705. The van der Waals surface area contributed by atoms with E-state index in [1.807, 2.05) is 29.2 Å².